The largest absolute Gasteiger partial charge is 0.483 e. The summed E-state index contributed by atoms with van der Waals surface area (Å²) in [5, 5.41) is 2.77. The molecule has 1 amide bonds. The van der Waals surface area contributed by atoms with Crippen molar-refractivity contribution in [1.29, 1.82) is 0 Å². The molecular formula is C19H21NO4. The number of hydrogen-bond donors (Lipinski definition) is 1. The first-order valence-electron chi connectivity index (χ1n) is 7.60. The van der Waals surface area contributed by atoms with Crippen molar-refractivity contribution in [2.45, 2.75) is 20.8 Å². The Hall–Kier alpha value is -2.82. The third kappa shape index (κ3) is 4.13. The van der Waals surface area contributed by atoms with E-state index in [0.717, 1.165) is 16.7 Å². The molecule has 2 rings (SSSR count). The highest BCUT2D eigenvalue weighted by molar-refractivity contribution is 5.95. The summed E-state index contributed by atoms with van der Waals surface area (Å²) < 4.78 is 10.3. The Bertz CT molecular complexity index is 748. The van der Waals surface area contributed by atoms with Gasteiger partial charge in [-0.15, -0.1) is 0 Å². The van der Waals surface area contributed by atoms with Crippen molar-refractivity contribution < 1.29 is 19.1 Å². The number of hydrogen-bond acceptors (Lipinski definition) is 4. The Balaban J connectivity index is 2.06. The standard InChI is InChI=1S/C19H21NO4/c1-12-8-9-15(19(22)23-4)10-16(12)20-17(21)11-24-18-13(2)6-5-7-14(18)3/h5-10H,11H2,1-4H3,(H,20,21). The Morgan fingerprint density at radius 3 is 2.29 bits per heavy atom. The molecule has 0 unspecified atom stereocenters. The molecule has 0 saturated carbocycles. The molecule has 0 fully saturated rings. The summed E-state index contributed by atoms with van der Waals surface area (Å²) in [5.74, 6) is -0.0206. The number of rotatable bonds is 5. The van der Waals surface area contributed by atoms with Crippen molar-refractivity contribution in [2.75, 3.05) is 19.0 Å². The summed E-state index contributed by atoms with van der Waals surface area (Å²) in [6.45, 7) is 5.62. The van der Waals surface area contributed by atoms with E-state index in [2.05, 4.69) is 5.32 Å². The van der Waals surface area contributed by atoms with Crippen molar-refractivity contribution >= 4 is 17.6 Å². The molecule has 1 N–H and O–H groups in total. The number of amides is 1. The van der Waals surface area contributed by atoms with Crippen molar-refractivity contribution in [1.82, 2.24) is 0 Å². The molecule has 0 aliphatic carbocycles. The van der Waals surface area contributed by atoms with Crippen LogP contribution in [0.5, 0.6) is 5.75 Å². The molecule has 24 heavy (non-hydrogen) atoms. The highest BCUT2D eigenvalue weighted by atomic mass is 16.5. The number of methoxy groups -OCH3 is 1. The van der Waals surface area contributed by atoms with Gasteiger partial charge in [-0.2, -0.15) is 0 Å². The fourth-order valence-electron chi connectivity index (χ4n) is 2.35. The lowest BCUT2D eigenvalue weighted by Gasteiger charge is -2.13. The van der Waals surface area contributed by atoms with Crippen LogP contribution in [0, 0.1) is 20.8 Å². The van der Waals surface area contributed by atoms with Crippen LogP contribution in [0.3, 0.4) is 0 Å². The summed E-state index contributed by atoms with van der Waals surface area (Å²) in [5.41, 5.74) is 3.75. The zero-order chi connectivity index (χ0) is 17.7. The second-order valence-corrected chi connectivity index (χ2v) is 5.58. The molecule has 0 atom stereocenters. The van der Waals surface area contributed by atoms with Crippen LogP contribution in [0.15, 0.2) is 36.4 Å². The summed E-state index contributed by atoms with van der Waals surface area (Å²) in [6, 6.07) is 10.8. The minimum Gasteiger partial charge on any atom is -0.483 e. The van der Waals surface area contributed by atoms with Crippen LogP contribution in [0.25, 0.3) is 0 Å². The van der Waals surface area contributed by atoms with Crippen molar-refractivity contribution in [3.05, 3.63) is 58.7 Å². The molecule has 126 valence electrons. The van der Waals surface area contributed by atoms with E-state index in [4.69, 9.17) is 9.47 Å². The summed E-state index contributed by atoms with van der Waals surface area (Å²) in [4.78, 5) is 23.7. The van der Waals surface area contributed by atoms with Gasteiger partial charge in [0.1, 0.15) is 5.75 Å². The summed E-state index contributed by atoms with van der Waals surface area (Å²) >= 11 is 0. The SMILES string of the molecule is COC(=O)c1ccc(C)c(NC(=O)COc2c(C)cccc2C)c1. The molecule has 2 aromatic carbocycles. The smallest absolute Gasteiger partial charge is 0.337 e. The molecule has 0 radical (unpaired) electrons. The van der Waals surface area contributed by atoms with Crippen LogP contribution in [-0.4, -0.2) is 25.6 Å². The molecule has 0 aromatic heterocycles. The van der Waals surface area contributed by atoms with Crippen LogP contribution < -0.4 is 10.1 Å². The number of ether oxygens (including phenoxy) is 2. The van der Waals surface area contributed by atoms with Crippen molar-refractivity contribution in [2.24, 2.45) is 0 Å². The van der Waals surface area contributed by atoms with Crippen LogP contribution >= 0.6 is 0 Å². The van der Waals surface area contributed by atoms with Crippen LogP contribution in [-0.2, 0) is 9.53 Å². The van der Waals surface area contributed by atoms with Crippen molar-refractivity contribution in [3.63, 3.8) is 0 Å². The number of carbonyl (C=O) groups is 2. The second-order valence-electron chi connectivity index (χ2n) is 5.58. The van der Waals surface area contributed by atoms with E-state index in [0.29, 0.717) is 17.0 Å². The predicted octanol–water partition coefficient (Wildman–Crippen LogP) is 3.42. The molecule has 0 aliphatic rings. The van der Waals surface area contributed by atoms with E-state index in [1.165, 1.54) is 7.11 Å². The fraction of sp³-hybridized carbons (Fsp3) is 0.263. The number of benzene rings is 2. The molecular weight excluding hydrogens is 306 g/mol. The highest BCUT2D eigenvalue weighted by Gasteiger charge is 2.12. The molecule has 5 heteroatoms. The van der Waals surface area contributed by atoms with Gasteiger partial charge < -0.3 is 14.8 Å². The van der Waals surface area contributed by atoms with Gasteiger partial charge in [0.15, 0.2) is 6.61 Å². The normalized spacial score (nSPS) is 10.2. The quantitative estimate of drug-likeness (QED) is 0.855. The predicted molar refractivity (Wildman–Crippen MR) is 92.6 cm³/mol. The maximum absolute atomic E-state index is 12.2. The van der Waals surface area contributed by atoms with E-state index < -0.39 is 5.97 Å². The average molecular weight is 327 g/mol. The Labute approximate surface area is 141 Å². The first-order valence-corrected chi connectivity index (χ1v) is 7.60. The first kappa shape index (κ1) is 17.5. The third-order valence-electron chi connectivity index (χ3n) is 3.69. The summed E-state index contributed by atoms with van der Waals surface area (Å²) in [6.07, 6.45) is 0. The average Bonchev–Trinajstić information content (AvgIpc) is 2.55. The zero-order valence-corrected chi connectivity index (χ0v) is 14.3. The van der Waals surface area contributed by atoms with Crippen LogP contribution in [0.2, 0.25) is 0 Å². The van der Waals surface area contributed by atoms with Gasteiger partial charge in [0.05, 0.1) is 12.7 Å². The monoisotopic (exact) mass is 327 g/mol. The second kappa shape index (κ2) is 7.64. The van der Waals surface area contributed by atoms with Gasteiger partial charge in [-0.25, -0.2) is 4.79 Å². The third-order valence-corrected chi connectivity index (χ3v) is 3.69. The van der Waals surface area contributed by atoms with E-state index in [-0.39, 0.29) is 12.5 Å². The van der Waals surface area contributed by atoms with Gasteiger partial charge >= 0.3 is 5.97 Å². The van der Waals surface area contributed by atoms with E-state index in [9.17, 15) is 9.59 Å². The number of para-hydroxylation sites is 1. The van der Waals surface area contributed by atoms with Crippen LogP contribution in [0.4, 0.5) is 5.69 Å². The fourth-order valence-corrected chi connectivity index (χ4v) is 2.35. The molecule has 0 saturated heterocycles. The number of nitrogens with one attached hydrogen (secondary N) is 1. The lowest BCUT2D eigenvalue weighted by molar-refractivity contribution is -0.118. The summed E-state index contributed by atoms with van der Waals surface area (Å²) in [7, 11) is 1.32. The minimum absolute atomic E-state index is 0.104. The van der Waals surface area contributed by atoms with E-state index >= 15 is 0 Å². The Morgan fingerprint density at radius 1 is 1.00 bits per heavy atom. The molecule has 0 bridgehead atoms. The minimum atomic E-state index is -0.447. The lowest BCUT2D eigenvalue weighted by atomic mass is 10.1. The highest BCUT2D eigenvalue weighted by Crippen LogP contribution is 2.22. The van der Waals surface area contributed by atoms with E-state index in [1.54, 1.807) is 18.2 Å². The van der Waals surface area contributed by atoms with Crippen molar-refractivity contribution in [3.8, 4) is 5.75 Å². The number of carbonyl (C=O) groups excluding carboxylic acids is 2. The Morgan fingerprint density at radius 2 is 1.67 bits per heavy atom. The molecule has 2 aromatic rings. The lowest BCUT2D eigenvalue weighted by Crippen LogP contribution is -2.21. The van der Waals surface area contributed by atoms with Gasteiger partial charge in [0.25, 0.3) is 5.91 Å². The molecule has 5 nitrogen and oxygen atoms in total. The number of esters is 1. The number of aryl methyl sites for hydroxylation is 3. The van der Waals surface area contributed by atoms with Gasteiger partial charge in [-0.3, -0.25) is 4.79 Å². The maximum atomic E-state index is 12.2. The first-order chi connectivity index (χ1) is 11.4. The molecule has 0 heterocycles. The van der Waals surface area contributed by atoms with Gasteiger partial charge in [-0.05, 0) is 49.6 Å². The van der Waals surface area contributed by atoms with Gasteiger partial charge in [-0.1, -0.05) is 24.3 Å². The van der Waals surface area contributed by atoms with Gasteiger partial charge in [0, 0.05) is 5.69 Å². The maximum Gasteiger partial charge on any atom is 0.337 e. The number of anilines is 1. The Kier molecular flexibility index (Phi) is 5.58. The molecule has 0 spiro atoms. The topological polar surface area (TPSA) is 64.6 Å². The zero-order valence-electron chi connectivity index (χ0n) is 14.3. The van der Waals surface area contributed by atoms with Gasteiger partial charge in [0.2, 0.25) is 0 Å². The molecule has 0 aliphatic heterocycles. The van der Waals surface area contributed by atoms with E-state index in [1.807, 2.05) is 39.0 Å². The van der Waals surface area contributed by atoms with Crippen LogP contribution in [0.1, 0.15) is 27.0 Å².